The largest absolute Gasteiger partial charge is 0.453 e. The minimum Gasteiger partial charge on any atom is -0.453 e. The van der Waals surface area contributed by atoms with E-state index in [9.17, 15) is 0 Å². The number of rotatable bonds is 4. The predicted octanol–water partition coefficient (Wildman–Crippen LogP) is 12.9. The summed E-state index contributed by atoms with van der Waals surface area (Å²) in [7, 11) is 0. The molecule has 6 aromatic carbocycles. The van der Waals surface area contributed by atoms with Gasteiger partial charge >= 0.3 is 0 Å². The predicted molar refractivity (Wildman–Crippen MR) is 210 cm³/mol. The number of aromatic nitrogens is 2. The Bertz CT molecular complexity index is 2680. The minimum atomic E-state index is 0.677. The van der Waals surface area contributed by atoms with Crippen molar-refractivity contribution in [3.63, 3.8) is 0 Å². The number of fused-ring (bicyclic) bond motifs is 7. The first kappa shape index (κ1) is 29.4. The Morgan fingerprint density at radius 3 is 1.25 bits per heavy atom. The number of furan rings is 1. The van der Waals surface area contributed by atoms with Crippen molar-refractivity contribution in [3.8, 4) is 45.5 Å². The summed E-state index contributed by atoms with van der Waals surface area (Å²) in [5, 5.41) is 0. The molecule has 0 amide bonds. The summed E-state index contributed by atoms with van der Waals surface area (Å²) < 4.78 is 19.2. The van der Waals surface area contributed by atoms with Crippen LogP contribution in [0.4, 0.5) is 34.1 Å². The number of hydrogen-bond donors (Lipinski definition) is 0. The van der Waals surface area contributed by atoms with Crippen LogP contribution < -0.4 is 19.3 Å². The molecule has 0 saturated carbocycles. The number of pyridine rings is 2. The number of hydrogen-bond acceptors (Lipinski definition) is 7. The van der Waals surface area contributed by atoms with Crippen LogP contribution in [0.25, 0.3) is 44.7 Å². The van der Waals surface area contributed by atoms with Gasteiger partial charge in [0.1, 0.15) is 11.0 Å². The average Bonchev–Trinajstić information content (AvgIpc) is 3.59. The van der Waals surface area contributed by atoms with Crippen molar-refractivity contribution in [3.05, 3.63) is 170 Å². The molecular formula is C46H28N4O3. The van der Waals surface area contributed by atoms with Crippen molar-refractivity contribution < 1.29 is 13.9 Å². The second-order valence-electron chi connectivity index (χ2n) is 13.0. The van der Waals surface area contributed by atoms with Crippen molar-refractivity contribution in [2.75, 3.05) is 9.80 Å². The van der Waals surface area contributed by atoms with Crippen LogP contribution >= 0.6 is 0 Å². The van der Waals surface area contributed by atoms with E-state index in [2.05, 4.69) is 82.6 Å². The van der Waals surface area contributed by atoms with Crippen molar-refractivity contribution in [1.29, 1.82) is 0 Å². The van der Waals surface area contributed by atoms with Crippen LogP contribution in [0.5, 0.6) is 23.0 Å². The van der Waals surface area contributed by atoms with Crippen molar-refractivity contribution in [1.82, 2.24) is 9.97 Å². The average molecular weight is 685 g/mol. The standard InChI is InChI=1S/C46H28N4O3/c1-3-11-31(12-4-1)49-35-15-7-9-17-39(35)51-43-27-29(19-23-37(43)49)33-21-25-41-45(47-33)46-42(53-41)26-22-34(48-46)30-20-24-38-44(28-30)52-40-18-10-8-16-36(40)50(38)32-13-5-2-6-14-32/h1-28H. The molecule has 2 aliphatic rings. The molecule has 7 heteroatoms. The first-order chi connectivity index (χ1) is 26.2. The third-order valence-electron chi connectivity index (χ3n) is 9.83. The highest BCUT2D eigenvalue weighted by Crippen LogP contribution is 2.52. The summed E-state index contributed by atoms with van der Waals surface area (Å²) in [4.78, 5) is 14.7. The van der Waals surface area contributed by atoms with Gasteiger partial charge in [0.2, 0.25) is 0 Å². The molecule has 0 spiro atoms. The zero-order chi connectivity index (χ0) is 34.9. The zero-order valence-electron chi connectivity index (χ0n) is 28.2. The SMILES string of the molecule is c1ccc(N2c3ccccc3Oc3cc(-c4ccc5oc6ccc(-c7ccc8c(c7)Oc7ccccc7N8c7ccccc7)nc6c5n4)ccc32)cc1. The van der Waals surface area contributed by atoms with Gasteiger partial charge in [0.25, 0.3) is 0 Å². The number of nitrogens with zero attached hydrogens (tertiary/aromatic N) is 4. The molecule has 0 aliphatic carbocycles. The van der Waals surface area contributed by atoms with E-state index in [-0.39, 0.29) is 0 Å². The Morgan fingerprint density at radius 2 is 0.774 bits per heavy atom. The summed E-state index contributed by atoms with van der Waals surface area (Å²) in [5.74, 6) is 3.11. The Kier molecular flexibility index (Phi) is 6.42. The molecule has 11 rings (SSSR count). The molecular weight excluding hydrogens is 657 g/mol. The lowest BCUT2D eigenvalue weighted by Crippen LogP contribution is -2.15. The van der Waals surface area contributed by atoms with Crippen LogP contribution in [0, 0.1) is 0 Å². The van der Waals surface area contributed by atoms with Crippen LogP contribution in [-0.2, 0) is 0 Å². The molecule has 0 atom stereocenters. The summed E-state index contributed by atoms with van der Waals surface area (Å²) in [5.41, 5.74) is 12.2. The maximum absolute atomic E-state index is 6.48. The van der Waals surface area contributed by atoms with Crippen LogP contribution in [-0.4, -0.2) is 9.97 Å². The lowest BCUT2D eigenvalue weighted by Gasteiger charge is -2.33. The van der Waals surface area contributed by atoms with Crippen molar-refractivity contribution in [2.24, 2.45) is 0 Å². The second kappa shape index (κ2) is 11.6. The molecule has 2 aliphatic heterocycles. The molecule has 0 saturated heterocycles. The molecule has 7 nitrogen and oxygen atoms in total. The van der Waals surface area contributed by atoms with E-state index in [0.29, 0.717) is 22.2 Å². The van der Waals surface area contributed by atoms with E-state index in [1.54, 1.807) is 0 Å². The van der Waals surface area contributed by atoms with Gasteiger partial charge in [-0.2, -0.15) is 0 Å². The Hall–Kier alpha value is -7.38. The Morgan fingerprint density at radius 1 is 0.358 bits per heavy atom. The molecule has 0 unspecified atom stereocenters. The van der Waals surface area contributed by atoms with E-state index in [1.807, 2.05) is 97.1 Å². The van der Waals surface area contributed by atoms with Crippen LogP contribution in [0.2, 0.25) is 0 Å². The summed E-state index contributed by atoms with van der Waals surface area (Å²) in [6.45, 7) is 0. The summed E-state index contributed by atoms with van der Waals surface area (Å²) in [6.07, 6.45) is 0. The maximum atomic E-state index is 6.48. The van der Waals surface area contributed by atoms with E-state index in [0.717, 1.165) is 79.6 Å². The lowest BCUT2D eigenvalue weighted by molar-refractivity contribution is 0.477. The highest BCUT2D eigenvalue weighted by Gasteiger charge is 2.28. The molecule has 53 heavy (non-hydrogen) atoms. The van der Waals surface area contributed by atoms with Gasteiger partial charge in [-0.1, -0.05) is 72.8 Å². The second-order valence-corrected chi connectivity index (χ2v) is 13.0. The molecule has 5 heterocycles. The van der Waals surface area contributed by atoms with E-state index >= 15 is 0 Å². The van der Waals surface area contributed by atoms with Crippen molar-refractivity contribution >= 4 is 56.3 Å². The van der Waals surface area contributed by atoms with Crippen LogP contribution in [0.1, 0.15) is 0 Å². The first-order valence-corrected chi connectivity index (χ1v) is 17.5. The first-order valence-electron chi connectivity index (χ1n) is 17.5. The van der Waals surface area contributed by atoms with Gasteiger partial charge in [0.05, 0.1) is 34.1 Å². The van der Waals surface area contributed by atoms with Gasteiger partial charge in [0, 0.05) is 22.5 Å². The van der Waals surface area contributed by atoms with Gasteiger partial charge < -0.3 is 23.7 Å². The van der Waals surface area contributed by atoms with Crippen LogP contribution in [0.3, 0.4) is 0 Å². The highest BCUT2D eigenvalue weighted by atomic mass is 16.5. The van der Waals surface area contributed by atoms with E-state index in [4.69, 9.17) is 23.9 Å². The fraction of sp³-hybridized carbons (Fsp3) is 0. The molecule has 250 valence electrons. The fourth-order valence-corrected chi connectivity index (χ4v) is 7.38. The van der Waals surface area contributed by atoms with Gasteiger partial charge in [0.15, 0.2) is 34.2 Å². The number of benzene rings is 6. The van der Waals surface area contributed by atoms with E-state index in [1.165, 1.54) is 0 Å². The van der Waals surface area contributed by atoms with Gasteiger partial charge in [-0.25, -0.2) is 9.97 Å². The van der Waals surface area contributed by atoms with Gasteiger partial charge in [-0.3, -0.25) is 0 Å². The Balaban J connectivity index is 0.977. The lowest BCUT2D eigenvalue weighted by atomic mass is 10.1. The van der Waals surface area contributed by atoms with Crippen LogP contribution in [0.15, 0.2) is 174 Å². The maximum Gasteiger partial charge on any atom is 0.155 e. The Labute approximate surface area is 304 Å². The zero-order valence-corrected chi connectivity index (χ0v) is 28.2. The number of anilines is 6. The van der Waals surface area contributed by atoms with Crippen molar-refractivity contribution in [2.45, 2.75) is 0 Å². The number of ether oxygens (including phenoxy) is 2. The fourth-order valence-electron chi connectivity index (χ4n) is 7.38. The quantitative estimate of drug-likeness (QED) is 0.183. The normalized spacial score (nSPS) is 12.8. The third-order valence-corrected chi connectivity index (χ3v) is 9.83. The highest BCUT2D eigenvalue weighted by molar-refractivity contribution is 6.01. The molecule has 0 radical (unpaired) electrons. The molecule has 9 aromatic rings. The molecule has 0 N–H and O–H groups in total. The topological polar surface area (TPSA) is 63.9 Å². The monoisotopic (exact) mass is 684 g/mol. The number of para-hydroxylation sites is 6. The third kappa shape index (κ3) is 4.75. The molecule has 3 aromatic heterocycles. The summed E-state index contributed by atoms with van der Waals surface area (Å²) >= 11 is 0. The van der Waals surface area contributed by atoms with E-state index < -0.39 is 0 Å². The minimum absolute atomic E-state index is 0.677. The molecule has 0 bridgehead atoms. The summed E-state index contributed by atoms with van der Waals surface area (Å²) in [6, 6.07) is 57.3. The molecule has 0 fully saturated rings. The van der Waals surface area contributed by atoms with Gasteiger partial charge in [-0.05, 0) is 97.1 Å². The smallest absolute Gasteiger partial charge is 0.155 e. The van der Waals surface area contributed by atoms with Gasteiger partial charge in [-0.15, -0.1) is 0 Å².